The summed E-state index contributed by atoms with van der Waals surface area (Å²) >= 11 is 5.69. The normalized spacial score (nSPS) is 12.0. The number of esters is 1. The van der Waals surface area contributed by atoms with E-state index in [-0.39, 0.29) is 5.69 Å². The van der Waals surface area contributed by atoms with E-state index in [2.05, 4.69) is 10.1 Å². The Kier molecular flexibility index (Phi) is 3.91. The Labute approximate surface area is 92.2 Å². The minimum absolute atomic E-state index is 0.181. The lowest BCUT2D eigenvalue weighted by Crippen LogP contribution is -2.27. The second kappa shape index (κ2) is 4.98. The molecular weight excluding hydrogens is 221 g/mol. The van der Waals surface area contributed by atoms with E-state index in [0.29, 0.717) is 5.02 Å². The van der Waals surface area contributed by atoms with Crippen molar-refractivity contribution in [1.29, 1.82) is 0 Å². The van der Waals surface area contributed by atoms with Crippen LogP contribution in [0.4, 0.5) is 10.1 Å². The first-order chi connectivity index (χ1) is 7.04. The van der Waals surface area contributed by atoms with Crippen molar-refractivity contribution in [3.63, 3.8) is 0 Å². The largest absolute Gasteiger partial charge is 0.467 e. The highest BCUT2D eigenvalue weighted by Gasteiger charge is 2.14. The van der Waals surface area contributed by atoms with Crippen LogP contribution in [-0.2, 0) is 9.53 Å². The second-order valence-electron chi connectivity index (χ2n) is 3.01. The molecule has 3 nitrogen and oxygen atoms in total. The van der Waals surface area contributed by atoms with Crippen LogP contribution in [0.15, 0.2) is 18.2 Å². The Bertz CT molecular complexity index is 370. The quantitative estimate of drug-likeness (QED) is 0.813. The SMILES string of the molecule is COC(=O)C(C)Nc1cc(Cl)ccc1F. The van der Waals surface area contributed by atoms with Gasteiger partial charge >= 0.3 is 5.97 Å². The predicted molar refractivity (Wildman–Crippen MR) is 56.5 cm³/mol. The Morgan fingerprint density at radius 2 is 2.27 bits per heavy atom. The van der Waals surface area contributed by atoms with E-state index < -0.39 is 17.8 Å². The molecule has 0 spiro atoms. The number of carbonyl (C=O) groups excluding carboxylic acids is 1. The lowest BCUT2D eigenvalue weighted by Gasteiger charge is -2.13. The van der Waals surface area contributed by atoms with Crippen LogP contribution in [0.1, 0.15) is 6.92 Å². The zero-order chi connectivity index (χ0) is 11.4. The first-order valence-corrected chi connectivity index (χ1v) is 4.72. The molecule has 0 aliphatic heterocycles. The minimum Gasteiger partial charge on any atom is -0.467 e. The van der Waals surface area contributed by atoms with Crippen molar-refractivity contribution in [2.24, 2.45) is 0 Å². The first kappa shape index (κ1) is 11.8. The number of anilines is 1. The van der Waals surface area contributed by atoms with Gasteiger partial charge in [0.2, 0.25) is 0 Å². The van der Waals surface area contributed by atoms with Crippen molar-refractivity contribution in [2.45, 2.75) is 13.0 Å². The van der Waals surface area contributed by atoms with E-state index in [0.717, 1.165) is 0 Å². The van der Waals surface area contributed by atoms with Crippen molar-refractivity contribution >= 4 is 23.3 Å². The van der Waals surface area contributed by atoms with E-state index in [1.165, 1.54) is 25.3 Å². The van der Waals surface area contributed by atoms with Crippen LogP contribution >= 0.6 is 11.6 Å². The van der Waals surface area contributed by atoms with Crippen molar-refractivity contribution in [3.8, 4) is 0 Å². The van der Waals surface area contributed by atoms with Gasteiger partial charge in [0, 0.05) is 5.02 Å². The maximum atomic E-state index is 13.2. The molecule has 0 aliphatic rings. The number of rotatable bonds is 3. The van der Waals surface area contributed by atoms with Crippen molar-refractivity contribution in [2.75, 3.05) is 12.4 Å². The molecule has 5 heteroatoms. The molecule has 0 bridgehead atoms. The molecule has 1 atom stereocenters. The van der Waals surface area contributed by atoms with E-state index >= 15 is 0 Å². The van der Waals surface area contributed by atoms with Gasteiger partial charge in [-0.3, -0.25) is 0 Å². The molecule has 0 heterocycles. The summed E-state index contributed by atoms with van der Waals surface area (Å²) in [5, 5.41) is 3.07. The van der Waals surface area contributed by atoms with Crippen LogP contribution < -0.4 is 5.32 Å². The molecule has 0 aromatic heterocycles. The number of carbonyl (C=O) groups is 1. The van der Waals surface area contributed by atoms with Gasteiger partial charge in [-0.25, -0.2) is 9.18 Å². The fourth-order valence-electron chi connectivity index (χ4n) is 1.08. The molecule has 0 radical (unpaired) electrons. The van der Waals surface area contributed by atoms with Crippen molar-refractivity contribution < 1.29 is 13.9 Å². The monoisotopic (exact) mass is 231 g/mol. The molecule has 1 N–H and O–H groups in total. The van der Waals surface area contributed by atoms with Crippen LogP contribution in [0.25, 0.3) is 0 Å². The standard InChI is InChI=1S/C10H11ClFNO2/c1-6(10(14)15-2)13-9-5-7(11)3-4-8(9)12/h3-6,13H,1-2H3. The number of methoxy groups -OCH3 is 1. The van der Waals surface area contributed by atoms with Gasteiger partial charge in [0.25, 0.3) is 0 Å². The molecular formula is C10H11ClFNO2. The molecule has 0 amide bonds. The molecule has 0 saturated heterocycles. The van der Waals surface area contributed by atoms with E-state index in [1.807, 2.05) is 0 Å². The molecule has 1 unspecified atom stereocenters. The average Bonchev–Trinajstić information content (AvgIpc) is 2.22. The number of halogens is 2. The summed E-state index contributed by atoms with van der Waals surface area (Å²) in [6.45, 7) is 1.58. The van der Waals surface area contributed by atoms with Crippen LogP contribution in [0.2, 0.25) is 5.02 Å². The molecule has 15 heavy (non-hydrogen) atoms. The third-order valence-electron chi connectivity index (χ3n) is 1.86. The molecule has 0 aliphatic carbocycles. The van der Waals surface area contributed by atoms with E-state index in [4.69, 9.17) is 11.6 Å². The second-order valence-corrected chi connectivity index (χ2v) is 3.45. The molecule has 1 aromatic carbocycles. The zero-order valence-corrected chi connectivity index (χ0v) is 9.14. The number of hydrogen-bond acceptors (Lipinski definition) is 3. The molecule has 82 valence electrons. The van der Waals surface area contributed by atoms with Crippen LogP contribution in [0.5, 0.6) is 0 Å². The van der Waals surface area contributed by atoms with Crippen LogP contribution in [0.3, 0.4) is 0 Å². The Morgan fingerprint density at radius 1 is 1.60 bits per heavy atom. The summed E-state index contributed by atoms with van der Waals surface area (Å²) in [7, 11) is 1.27. The van der Waals surface area contributed by atoms with Crippen LogP contribution in [-0.4, -0.2) is 19.1 Å². The van der Waals surface area contributed by atoms with Gasteiger partial charge in [0.05, 0.1) is 12.8 Å². The highest BCUT2D eigenvalue weighted by atomic mass is 35.5. The molecule has 1 aromatic rings. The van der Waals surface area contributed by atoms with Gasteiger partial charge in [-0.15, -0.1) is 0 Å². The Hall–Kier alpha value is -1.29. The third-order valence-corrected chi connectivity index (χ3v) is 2.09. The van der Waals surface area contributed by atoms with Gasteiger partial charge < -0.3 is 10.1 Å². The van der Waals surface area contributed by atoms with Gasteiger partial charge in [-0.1, -0.05) is 11.6 Å². The summed E-state index contributed by atoms with van der Waals surface area (Å²) in [4.78, 5) is 11.1. The summed E-state index contributed by atoms with van der Waals surface area (Å²) < 4.78 is 17.7. The summed E-state index contributed by atoms with van der Waals surface area (Å²) in [6.07, 6.45) is 0. The molecule has 0 fully saturated rings. The summed E-state index contributed by atoms with van der Waals surface area (Å²) in [5.41, 5.74) is 0.181. The molecule has 1 rings (SSSR count). The lowest BCUT2D eigenvalue weighted by atomic mass is 10.2. The minimum atomic E-state index is -0.622. The highest BCUT2D eigenvalue weighted by molar-refractivity contribution is 6.30. The van der Waals surface area contributed by atoms with E-state index in [9.17, 15) is 9.18 Å². The van der Waals surface area contributed by atoms with Crippen LogP contribution in [0, 0.1) is 5.82 Å². The van der Waals surface area contributed by atoms with Gasteiger partial charge in [-0.2, -0.15) is 0 Å². The van der Waals surface area contributed by atoms with Gasteiger partial charge in [0.1, 0.15) is 11.9 Å². The number of benzene rings is 1. The number of ether oxygens (including phenoxy) is 1. The summed E-state index contributed by atoms with van der Waals surface area (Å²) in [5.74, 6) is -0.926. The zero-order valence-electron chi connectivity index (χ0n) is 8.38. The first-order valence-electron chi connectivity index (χ1n) is 4.34. The number of nitrogens with one attached hydrogen (secondary N) is 1. The predicted octanol–water partition coefficient (Wildman–Crippen LogP) is 2.45. The fourth-order valence-corrected chi connectivity index (χ4v) is 1.25. The third kappa shape index (κ3) is 3.09. The lowest BCUT2D eigenvalue weighted by molar-refractivity contribution is -0.141. The van der Waals surface area contributed by atoms with Gasteiger partial charge in [0.15, 0.2) is 0 Å². The Morgan fingerprint density at radius 3 is 2.87 bits per heavy atom. The maximum Gasteiger partial charge on any atom is 0.327 e. The average molecular weight is 232 g/mol. The highest BCUT2D eigenvalue weighted by Crippen LogP contribution is 2.20. The molecule has 0 saturated carbocycles. The Balaban J connectivity index is 2.80. The topological polar surface area (TPSA) is 38.3 Å². The fraction of sp³-hybridized carbons (Fsp3) is 0.300. The van der Waals surface area contributed by atoms with Gasteiger partial charge in [-0.05, 0) is 25.1 Å². The van der Waals surface area contributed by atoms with Crippen molar-refractivity contribution in [3.05, 3.63) is 29.0 Å². The number of hydrogen-bond donors (Lipinski definition) is 1. The van der Waals surface area contributed by atoms with Crippen molar-refractivity contribution in [1.82, 2.24) is 0 Å². The van der Waals surface area contributed by atoms with E-state index in [1.54, 1.807) is 6.92 Å². The smallest absolute Gasteiger partial charge is 0.327 e. The maximum absolute atomic E-state index is 13.2. The summed E-state index contributed by atoms with van der Waals surface area (Å²) in [6, 6.07) is 3.46.